The van der Waals surface area contributed by atoms with Crippen LogP contribution in [0.4, 0.5) is 13.2 Å². The van der Waals surface area contributed by atoms with Gasteiger partial charge in [0.05, 0.1) is 4.90 Å². The number of halogens is 3. The van der Waals surface area contributed by atoms with Gasteiger partial charge in [-0.3, -0.25) is 0 Å². The molecule has 0 unspecified atom stereocenters. The molecule has 0 heterocycles. The third-order valence-electron chi connectivity index (χ3n) is 2.37. The lowest BCUT2D eigenvalue weighted by Crippen LogP contribution is -2.31. The van der Waals surface area contributed by atoms with Crippen LogP contribution in [0.5, 0.6) is 5.75 Å². The minimum absolute atomic E-state index is 0.318. The number of hydrogen-bond donors (Lipinski definition) is 1. The Labute approximate surface area is 112 Å². The van der Waals surface area contributed by atoms with Crippen molar-refractivity contribution in [1.82, 2.24) is 0 Å². The molecular formula is C11H11F3O5S. The molecule has 0 aliphatic carbocycles. The monoisotopic (exact) mass is 312 g/mol. The number of ether oxygens (including phenoxy) is 1. The highest BCUT2D eigenvalue weighted by molar-refractivity contribution is 7.90. The van der Waals surface area contributed by atoms with Gasteiger partial charge in [-0.25, -0.2) is 13.2 Å². The largest absolute Gasteiger partial charge is 0.480 e. The summed E-state index contributed by atoms with van der Waals surface area (Å²) >= 11 is 0. The van der Waals surface area contributed by atoms with Crippen molar-refractivity contribution in [2.24, 2.45) is 0 Å². The smallest absolute Gasteiger partial charge is 0.425 e. The molecule has 0 spiro atoms. The van der Waals surface area contributed by atoms with E-state index < -0.39 is 39.4 Å². The van der Waals surface area contributed by atoms with Gasteiger partial charge in [-0.05, 0) is 25.1 Å². The molecule has 9 heteroatoms. The molecule has 0 bridgehead atoms. The van der Waals surface area contributed by atoms with Gasteiger partial charge in [0.15, 0.2) is 15.9 Å². The van der Waals surface area contributed by atoms with Gasteiger partial charge in [0.2, 0.25) is 0 Å². The Bertz CT molecular complexity index is 621. The normalized spacial score (nSPS) is 13.8. The van der Waals surface area contributed by atoms with Crippen molar-refractivity contribution < 1.29 is 36.2 Å². The quantitative estimate of drug-likeness (QED) is 0.921. The molecule has 0 amide bonds. The van der Waals surface area contributed by atoms with Crippen LogP contribution in [0.2, 0.25) is 0 Å². The van der Waals surface area contributed by atoms with Crippen molar-refractivity contribution in [3.05, 3.63) is 23.8 Å². The Morgan fingerprint density at radius 2 is 1.90 bits per heavy atom. The number of carboxylic acid groups (broad SMARTS) is 1. The van der Waals surface area contributed by atoms with Crippen molar-refractivity contribution in [2.75, 3.05) is 6.26 Å². The molecule has 5 nitrogen and oxygen atoms in total. The average molecular weight is 312 g/mol. The van der Waals surface area contributed by atoms with Gasteiger partial charge in [-0.2, -0.15) is 13.2 Å². The first-order chi connectivity index (χ1) is 8.93. The maximum atomic E-state index is 12.4. The molecule has 1 rings (SSSR count). The summed E-state index contributed by atoms with van der Waals surface area (Å²) in [5, 5.41) is 8.92. The van der Waals surface area contributed by atoms with Crippen LogP contribution in [0.15, 0.2) is 23.1 Å². The molecule has 0 aliphatic rings. The van der Waals surface area contributed by atoms with Crippen LogP contribution >= 0.6 is 0 Å². The van der Waals surface area contributed by atoms with Gasteiger partial charge in [0.25, 0.3) is 0 Å². The predicted octanol–water partition coefficient (Wildman–Crippen LogP) is 2.12. The predicted molar refractivity (Wildman–Crippen MR) is 62.7 cm³/mol. The minimum Gasteiger partial charge on any atom is -0.480 e. The van der Waals surface area contributed by atoms with Crippen LogP contribution in [0.3, 0.4) is 0 Å². The van der Waals surface area contributed by atoms with Gasteiger partial charge >= 0.3 is 12.1 Å². The second-order valence-electron chi connectivity index (χ2n) is 4.04. The number of hydrogen-bond acceptors (Lipinski definition) is 4. The average Bonchev–Trinajstić information content (AvgIpc) is 2.26. The summed E-state index contributed by atoms with van der Waals surface area (Å²) in [6, 6.07) is 2.64. The van der Waals surface area contributed by atoms with Crippen molar-refractivity contribution >= 4 is 15.8 Å². The standard InChI is InChI=1S/C11H11F3O5S/c1-6(11(12,13)14)19-9-4-3-7(20(2,17)18)5-8(9)10(15)16/h3-6H,1-2H3,(H,15,16)/t6-/m1/s1. The highest BCUT2D eigenvalue weighted by Gasteiger charge is 2.38. The molecule has 112 valence electrons. The maximum Gasteiger partial charge on any atom is 0.425 e. The molecule has 0 saturated carbocycles. The zero-order valence-electron chi connectivity index (χ0n) is 10.4. The summed E-state index contributed by atoms with van der Waals surface area (Å²) in [5.74, 6) is -2.13. The molecule has 1 aromatic carbocycles. The number of sulfone groups is 1. The number of benzene rings is 1. The maximum absolute atomic E-state index is 12.4. The first-order valence-corrected chi connectivity index (χ1v) is 7.13. The topological polar surface area (TPSA) is 80.7 Å². The summed E-state index contributed by atoms with van der Waals surface area (Å²) in [6.45, 7) is 0.718. The first-order valence-electron chi connectivity index (χ1n) is 5.23. The number of carbonyl (C=O) groups is 1. The van der Waals surface area contributed by atoms with Crippen molar-refractivity contribution in [3.63, 3.8) is 0 Å². The van der Waals surface area contributed by atoms with Gasteiger partial charge in [0.1, 0.15) is 11.3 Å². The van der Waals surface area contributed by atoms with Crippen molar-refractivity contribution in [2.45, 2.75) is 24.1 Å². The number of rotatable bonds is 4. The van der Waals surface area contributed by atoms with E-state index in [2.05, 4.69) is 4.74 Å². The fourth-order valence-electron chi connectivity index (χ4n) is 1.27. The Morgan fingerprint density at radius 1 is 1.35 bits per heavy atom. The summed E-state index contributed by atoms with van der Waals surface area (Å²) < 4.78 is 64.2. The fourth-order valence-corrected chi connectivity index (χ4v) is 1.91. The highest BCUT2D eigenvalue weighted by Crippen LogP contribution is 2.28. The summed E-state index contributed by atoms with van der Waals surface area (Å²) in [6.07, 6.45) is -6.03. The first kappa shape index (κ1) is 16.3. The summed E-state index contributed by atoms with van der Waals surface area (Å²) in [5.41, 5.74) is -0.649. The summed E-state index contributed by atoms with van der Waals surface area (Å²) in [7, 11) is -3.67. The third kappa shape index (κ3) is 3.86. The van der Waals surface area contributed by atoms with Gasteiger partial charge in [-0.15, -0.1) is 0 Å². The Morgan fingerprint density at radius 3 is 2.30 bits per heavy atom. The molecule has 20 heavy (non-hydrogen) atoms. The van der Waals surface area contributed by atoms with Crippen molar-refractivity contribution in [3.8, 4) is 5.75 Å². The Hall–Kier alpha value is -1.77. The lowest BCUT2D eigenvalue weighted by molar-refractivity contribution is -0.189. The van der Waals surface area contributed by atoms with E-state index >= 15 is 0 Å². The van der Waals surface area contributed by atoms with E-state index in [0.29, 0.717) is 0 Å². The molecule has 1 atom stereocenters. The van der Waals surface area contributed by atoms with Crippen molar-refractivity contribution in [1.29, 1.82) is 0 Å². The molecule has 0 radical (unpaired) electrons. The molecule has 0 fully saturated rings. The Kier molecular flexibility index (Phi) is 4.33. The van der Waals surface area contributed by atoms with Crippen LogP contribution in [-0.4, -0.2) is 38.0 Å². The number of alkyl halides is 3. The highest BCUT2D eigenvalue weighted by atomic mass is 32.2. The molecule has 0 saturated heterocycles. The zero-order valence-corrected chi connectivity index (χ0v) is 11.2. The van der Waals surface area contributed by atoms with Crippen LogP contribution in [0.1, 0.15) is 17.3 Å². The summed E-state index contributed by atoms with van der Waals surface area (Å²) in [4.78, 5) is 10.7. The van der Waals surface area contributed by atoms with Crippen LogP contribution in [0.25, 0.3) is 0 Å². The molecular weight excluding hydrogens is 301 g/mol. The molecule has 0 aromatic heterocycles. The van der Waals surface area contributed by atoms with Gasteiger partial charge in [0, 0.05) is 6.26 Å². The second kappa shape index (κ2) is 5.31. The molecule has 0 aliphatic heterocycles. The number of aromatic carboxylic acids is 1. The lowest BCUT2D eigenvalue weighted by atomic mass is 10.2. The van der Waals surface area contributed by atoms with Gasteiger partial charge in [-0.1, -0.05) is 0 Å². The van der Waals surface area contributed by atoms with Crippen LogP contribution in [0, 0.1) is 0 Å². The minimum atomic E-state index is -4.66. The van der Waals surface area contributed by atoms with E-state index in [-0.39, 0.29) is 4.90 Å². The fraction of sp³-hybridized carbons (Fsp3) is 0.364. The van der Waals surface area contributed by atoms with E-state index in [9.17, 15) is 26.4 Å². The SMILES string of the molecule is C[C@@H](Oc1ccc(S(C)(=O)=O)cc1C(=O)O)C(F)(F)F. The van der Waals surface area contributed by atoms with E-state index in [0.717, 1.165) is 31.4 Å². The number of carboxylic acids is 1. The third-order valence-corrected chi connectivity index (χ3v) is 3.48. The Balaban J connectivity index is 3.25. The van der Waals surface area contributed by atoms with E-state index in [1.54, 1.807) is 0 Å². The van der Waals surface area contributed by atoms with E-state index in [1.165, 1.54) is 0 Å². The van der Waals surface area contributed by atoms with Crippen LogP contribution in [-0.2, 0) is 9.84 Å². The van der Waals surface area contributed by atoms with E-state index in [4.69, 9.17) is 5.11 Å². The van der Waals surface area contributed by atoms with Crippen LogP contribution < -0.4 is 4.74 Å². The molecule has 1 aromatic rings. The second-order valence-corrected chi connectivity index (χ2v) is 6.05. The molecule has 1 N–H and O–H groups in total. The lowest BCUT2D eigenvalue weighted by Gasteiger charge is -2.19. The van der Waals surface area contributed by atoms with Gasteiger partial charge < -0.3 is 9.84 Å². The van der Waals surface area contributed by atoms with E-state index in [1.807, 2.05) is 0 Å². The zero-order chi connectivity index (χ0) is 15.7.